The third-order valence-corrected chi connectivity index (χ3v) is 13.3. The number of aliphatic hydroxyl groups excluding tert-OH is 1. The minimum Gasteiger partial charge on any atom is -0.388 e. The average molecular weight is 853 g/mol. The lowest BCUT2D eigenvalue weighted by Crippen LogP contribution is -2.66. The summed E-state index contributed by atoms with van der Waals surface area (Å²) in [6.07, 6.45) is -7.26. The van der Waals surface area contributed by atoms with Gasteiger partial charge in [0.2, 0.25) is 0 Å². The van der Waals surface area contributed by atoms with Crippen LogP contribution in [0.3, 0.4) is 0 Å². The van der Waals surface area contributed by atoms with Crippen LogP contribution in [-0.2, 0) is 67.2 Å². The van der Waals surface area contributed by atoms with Crippen LogP contribution in [-0.4, -0.2) is 86.0 Å². The molecule has 4 heterocycles. The molecule has 4 aromatic rings. The van der Waals surface area contributed by atoms with Crippen LogP contribution in [0.4, 0.5) is 0 Å². The Balaban J connectivity index is 1.11. The summed E-state index contributed by atoms with van der Waals surface area (Å²) in [5.74, 6) is -0.0677. The third kappa shape index (κ3) is 10.7. The van der Waals surface area contributed by atoms with E-state index >= 15 is 0 Å². The molecule has 1 N–H and O–H groups in total. The molecular weight excluding hydrogens is 789 g/mol. The summed E-state index contributed by atoms with van der Waals surface area (Å²) in [6.45, 7) is 12.1. The minimum atomic E-state index is -0.967. The zero-order chi connectivity index (χ0) is 43.0. The van der Waals surface area contributed by atoms with Gasteiger partial charge in [-0.3, -0.25) is 0 Å². The Morgan fingerprint density at radius 2 is 1.10 bits per heavy atom. The Bertz CT molecular complexity index is 1900. The molecule has 0 saturated carbocycles. The van der Waals surface area contributed by atoms with Crippen molar-refractivity contribution in [3.63, 3.8) is 0 Å². The van der Waals surface area contributed by atoms with Crippen molar-refractivity contribution >= 4 is 0 Å². The fraction of sp³-hybridized carbons (Fsp3) is 0.529. The Kier molecular flexibility index (Phi) is 15.5. The summed E-state index contributed by atoms with van der Waals surface area (Å²) in [5.41, 5.74) is 3.96. The van der Waals surface area contributed by atoms with E-state index in [1.807, 2.05) is 121 Å². The van der Waals surface area contributed by atoms with Gasteiger partial charge in [-0.1, -0.05) is 156 Å². The van der Waals surface area contributed by atoms with Crippen molar-refractivity contribution in [1.82, 2.24) is 0 Å². The Morgan fingerprint density at radius 1 is 0.532 bits per heavy atom. The highest BCUT2D eigenvalue weighted by atomic mass is 16.8. The molecule has 62 heavy (non-hydrogen) atoms. The Labute approximate surface area is 366 Å². The maximum atomic E-state index is 11.7. The van der Waals surface area contributed by atoms with Crippen LogP contribution in [0, 0.1) is 23.7 Å². The molecule has 0 amide bonds. The van der Waals surface area contributed by atoms with Crippen molar-refractivity contribution in [2.75, 3.05) is 13.2 Å². The van der Waals surface area contributed by atoms with Crippen molar-refractivity contribution < 1.29 is 52.5 Å². The fourth-order valence-corrected chi connectivity index (χ4v) is 9.11. The predicted molar refractivity (Wildman–Crippen MR) is 231 cm³/mol. The van der Waals surface area contributed by atoms with Gasteiger partial charge in [0.1, 0.15) is 36.6 Å². The van der Waals surface area contributed by atoms with Gasteiger partial charge in [-0.15, -0.1) is 0 Å². The molecular formula is C51H64O11. The molecule has 4 saturated heterocycles. The number of hydrogen-bond donors (Lipinski definition) is 1. The lowest BCUT2D eigenvalue weighted by Gasteiger charge is -2.52. The number of benzene rings is 4. The second kappa shape index (κ2) is 21.4. The van der Waals surface area contributed by atoms with Crippen LogP contribution in [0.5, 0.6) is 0 Å². The molecule has 11 nitrogen and oxygen atoms in total. The summed E-state index contributed by atoms with van der Waals surface area (Å²) in [7, 11) is 0. The lowest BCUT2D eigenvalue weighted by atomic mass is 9.82. The first-order valence-corrected chi connectivity index (χ1v) is 22.5. The number of hydrogen-bond acceptors (Lipinski definition) is 11. The van der Waals surface area contributed by atoms with Crippen LogP contribution in [0.15, 0.2) is 121 Å². The summed E-state index contributed by atoms with van der Waals surface area (Å²) in [6, 6.07) is 40.0. The lowest BCUT2D eigenvalue weighted by molar-refractivity contribution is -0.405. The zero-order valence-corrected chi connectivity index (χ0v) is 36.6. The fourth-order valence-electron chi connectivity index (χ4n) is 9.11. The molecule has 8 rings (SSSR count). The first-order valence-electron chi connectivity index (χ1n) is 22.5. The monoisotopic (exact) mass is 852 g/mol. The molecule has 0 spiro atoms. The van der Waals surface area contributed by atoms with Gasteiger partial charge in [0, 0.05) is 11.5 Å². The molecule has 16 atom stereocenters. The molecule has 334 valence electrons. The smallest absolute Gasteiger partial charge is 0.187 e. The van der Waals surface area contributed by atoms with Crippen molar-refractivity contribution in [2.24, 2.45) is 23.7 Å². The van der Waals surface area contributed by atoms with E-state index in [2.05, 4.69) is 34.6 Å². The second-order valence-corrected chi connectivity index (χ2v) is 17.4. The molecule has 7 unspecified atom stereocenters. The van der Waals surface area contributed by atoms with Crippen molar-refractivity contribution in [1.29, 1.82) is 0 Å². The topological polar surface area (TPSA) is 113 Å². The quantitative estimate of drug-likeness (QED) is 0.117. The number of rotatable bonds is 16. The highest BCUT2D eigenvalue weighted by molar-refractivity contribution is 5.18. The van der Waals surface area contributed by atoms with E-state index in [1.54, 1.807) is 0 Å². The van der Waals surface area contributed by atoms with E-state index in [0.29, 0.717) is 13.2 Å². The molecule has 0 bridgehead atoms. The minimum absolute atomic E-state index is 0.0608. The van der Waals surface area contributed by atoms with Gasteiger partial charge < -0.3 is 52.5 Å². The van der Waals surface area contributed by atoms with E-state index in [0.717, 1.165) is 28.7 Å². The van der Waals surface area contributed by atoms with Gasteiger partial charge in [0.15, 0.2) is 25.2 Å². The summed E-state index contributed by atoms with van der Waals surface area (Å²) in [4.78, 5) is 0. The number of aliphatic hydroxyl groups is 1. The van der Waals surface area contributed by atoms with Gasteiger partial charge >= 0.3 is 0 Å². The Hall–Kier alpha value is -3.56. The predicted octanol–water partition coefficient (Wildman–Crippen LogP) is 8.38. The normalized spacial score (nSPS) is 36.2. The Morgan fingerprint density at radius 3 is 1.73 bits per heavy atom. The average Bonchev–Trinajstić information content (AvgIpc) is 3.31. The molecule has 4 fully saturated rings. The molecule has 11 heteroatoms. The van der Waals surface area contributed by atoms with E-state index in [-0.39, 0.29) is 49.6 Å². The van der Waals surface area contributed by atoms with E-state index in [9.17, 15) is 5.11 Å². The molecule has 0 aliphatic carbocycles. The highest BCUT2D eigenvalue weighted by Crippen LogP contribution is 2.42. The van der Waals surface area contributed by atoms with Crippen LogP contribution < -0.4 is 0 Å². The highest BCUT2D eigenvalue weighted by Gasteiger charge is 2.56. The number of fused-ring (bicyclic) bond motifs is 1. The molecule has 4 aromatic carbocycles. The van der Waals surface area contributed by atoms with Gasteiger partial charge in [0.25, 0.3) is 0 Å². The maximum absolute atomic E-state index is 11.7. The van der Waals surface area contributed by atoms with E-state index < -0.39 is 67.9 Å². The molecule has 0 aromatic heterocycles. The SMILES string of the molecule is CCC1O[C@@H](O[C@@H]2C(OCc3ccccc3)[C@H](O[C@@H]3C(COCc4ccccc4)O[C@@H](OCc4ccccc4)C(C)[C@H]3C)OC3COC(c4ccccc4)O[C@H]32)C(O)[C@H](C)[C@H]1C. The molecule has 4 aliphatic rings. The standard InChI is InChI=1S/C51H64O11/c1-6-40-32(2)33(3)43(52)50(57-40)62-46-45-42(31-56-49(61-45)39-25-17-10-18-26-39)59-51(47(46)54-28-37-21-13-8-14-22-37)60-44-34(4)35(5)48(55-29-38-23-15-9-16-24-38)58-41(44)30-53-27-36-19-11-7-12-20-36/h7-26,32-35,40-52H,6,27-31H2,1-5H3/t32-,33-,34-,35?,40?,41?,42?,43?,44+,45-,46+,47?,48-,49?,50+,51+/m1/s1. The van der Waals surface area contributed by atoms with E-state index in [1.165, 1.54) is 0 Å². The van der Waals surface area contributed by atoms with Crippen molar-refractivity contribution in [3.8, 4) is 0 Å². The first-order chi connectivity index (χ1) is 30.3. The van der Waals surface area contributed by atoms with Crippen LogP contribution >= 0.6 is 0 Å². The largest absolute Gasteiger partial charge is 0.388 e. The van der Waals surface area contributed by atoms with Crippen molar-refractivity contribution in [3.05, 3.63) is 144 Å². The first kappa shape index (κ1) is 45.0. The van der Waals surface area contributed by atoms with Gasteiger partial charge in [-0.2, -0.15) is 0 Å². The van der Waals surface area contributed by atoms with Crippen molar-refractivity contribution in [2.45, 2.75) is 135 Å². The van der Waals surface area contributed by atoms with Crippen LogP contribution in [0.2, 0.25) is 0 Å². The summed E-state index contributed by atoms with van der Waals surface area (Å²) >= 11 is 0. The van der Waals surface area contributed by atoms with E-state index in [4.69, 9.17) is 47.4 Å². The third-order valence-electron chi connectivity index (χ3n) is 13.3. The summed E-state index contributed by atoms with van der Waals surface area (Å²) in [5, 5.41) is 11.7. The zero-order valence-electron chi connectivity index (χ0n) is 36.6. The van der Waals surface area contributed by atoms with Gasteiger partial charge in [0.05, 0.1) is 45.2 Å². The van der Waals surface area contributed by atoms with Crippen LogP contribution in [0.25, 0.3) is 0 Å². The summed E-state index contributed by atoms with van der Waals surface area (Å²) < 4.78 is 67.5. The van der Waals surface area contributed by atoms with Gasteiger partial charge in [-0.05, 0) is 40.9 Å². The maximum Gasteiger partial charge on any atom is 0.187 e. The van der Waals surface area contributed by atoms with Gasteiger partial charge in [-0.25, -0.2) is 0 Å². The second-order valence-electron chi connectivity index (χ2n) is 17.4. The molecule has 0 radical (unpaired) electrons. The molecule has 4 aliphatic heterocycles. The number of ether oxygens (including phenoxy) is 10. The van der Waals surface area contributed by atoms with Crippen LogP contribution in [0.1, 0.15) is 69.6 Å².